The summed E-state index contributed by atoms with van der Waals surface area (Å²) < 4.78 is 41.8. The molecule has 2 heterocycles. The molecule has 0 fully saturated rings. The topological polar surface area (TPSA) is 71.3 Å². The third kappa shape index (κ3) is 3.99. The van der Waals surface area contributed by atoms with Crippen LogP contribution in [0.25, 0.3) is 21.9 Å². The molecule has 0 saturated carbocycles. The van der Waals surface area contributed by atoms with Gasteiger partial charge in [-0.3, -0.25) is 9.36 Å². The minimum Gasteiger partial charge on any atom is -0.480 e. The predicted octanol–water partition coefficient (Wildman–Crippen LogP) is 6.09. The maximum absolute atomic E-state index is 13.5. The van der Waals surface area contributed by atoms with Crippen molar-refractivity contribution in [1.29, 1.82) is 0 Å². The first-order chi connectivity index (χ1) is 16.7. The van der Waals surface area contributed by atoms with E-state index in [-0.39, 0.29) is 28.8 Å². The first-order valence-electron chi connectivity index (χ1n) is 10.7. The standard InChI is InChI=1S/C26H18BrF3N2O3/c27-22-19(12-15-7-3-6-14-5-1-2-10-18(14)15)21(16-8-4-9-17(11-16)26(28,29)30)23-31-13-20(25(34)35)32(23)24(22)33/h1-11,20,31H,12-13H2,(H,34,35). The molecule has 3 aromatic carbocycles. The van der Waals surface area contributed by atoms with Crippen LogP contribution < -0.4 is 10.9 Å². The summed E-state index contributed by atoms with van der Waals surface area (Å²) in [6.45, 7) is -0.0549. The van der Waals surface area contributed by atoms with Gasteiger partial charge < -0.3 is 10.4 Å². The summed E-state index contributed by atoms with van der Waals surface area (Å²) in [4.78, 5) is 25.1. The van der Waals surface area contributed by atoms with Gasteiger partial charge in [0, 0.05) is 18.5 Å². The molecule has 0 spiro atoms. The molecular formula is C26H18BrF3N2O3. The molecule has 1 aliphatic rings. The van der Waals surface area contributed by atoms with E-state index >= 15 is 0 Å². The second-order valence-electron chi connectivity index (χ2n) is 8.32. The molecule has 0 radical (unpaired) electrons. The first kappa shape index (κ1) is 23.2. The highest BCUT2D eigenvalue weighted by atomic mass is 79.9. The van der Waals surface area contributed by atoms with Crippen LogP contribution in [0.1, 0.15) is 22.7 Å². The zero-order valence-electron chi connectivity index (χ0n) is 18.1. The van der Waals surface area contributed by atoms with E-state index in [1.54, 1.807) is 0 Å². The fourth-order valence-electron chi connectivity index (χ4n) is 4.63. The Morgan fingerprint density at radius 3 is 2.54 bits per heavy atom. The van der Waals surface area contributed by atoms with Gasteiger partial charge in [-0.1, -0.05) is 54.6 Å². The number of nitrogens with one attached hydrogen (secondary N) is 1. The van der Waals surface area contributed by atoms with Gasteiger partial charge in [0.25, 0.3) is 5.56 Å². The first-order valence-corrected chi connectivity index (χ1v) is 11.5. The number of hydrogen-bond donors (Lipinski definition) is 2. The van der Waals surface area contributed by atoms with Crippen molar-refractivity contribution in [3.8, 4) is 11.1 Å². The van der Waals surface area contributed by atoms with Crippen molar-refractivity contribution in [2.45, 2.75) is 18.6 Å². The molecule has 1 aromatic heterocycles. The van der Waals surface area contributed by atoms with E-state index in [2.05, 4.69) is 21.2 Å². The Balaban J connectivity index is 1.80. The number of anilines is 1. The molecule has 0 aliphatic carbocycles. The van der Waals surface area contributed by atoms with Crippen molar-refractivity contribution in [2.75, 3.05) is 11.9 Å². The molecule has 9 heteroatoms. The summed E-state index contributed by atoms with van der Waals surface area (Å²) >= 11 is 3.36. The molecule has 2 N–H and O–H groups in total. The number of alkyl halides is 3. The number of carbonyl (C=O) groups is 1. The molecular weight excluding hydrogens is 525 g/mol. The number of carboxylic acids is 1. The quantitative estimate of drug-likeness (QED) is 0.327. The summed E-state index contributed by atoms with van der Waals surface area (Å²) in [5.74, 6) is -1.01. The zero-order valence-corrected chi connectivity index (χ0v) is 19.7. The number of hydrogen-bond acceptors (Lipinski definition) is 3. The monoisotopic (exact) mass is 542 g/mol. The summed E-state index contributed by atoms with van der Waals surface area (Å²) in [5.41, 5.74) is 0.574. The minimum atomic E-state index is -4.56. The Labute approximate surface area is 206 Å². The van der Waals surface area contributed by atoms with E-state index in [9.17, 15) is 27.9 Å². The highest BCUT2D eigenvalue weighted by molar-refractivity contribution is 9.10. The van der Waals surface area contributed by atoms with Gasteiger partial charge in [0.05, 0.1) is 10.0 Å². The van der Waals surface area contributed by atoms with Crippen LogP contribution in [-0.4, -0.2) is 22.2 Å². The maximum atomic E-state index is 13.5. The minimum absolute atomic E-state index is 0.0549. The van der Waals surface area contributed by atoms with Crippen LogP contribution >= 0.6 is 15.9 Å². The van der Waals surface area contributed by atoms with Crippen LogP contribution in [0, 0.1) is 0 Å². The van der Waals surface area contributed by atoms with Crippen LogP contribution in [0.4, 0.5) is 19.0 Å². The number of fused-ring (bicyclic) bond motifs is 2. The number of rotatable bonds is 4. The average Bonchev–Trinajstić information content (AvgIpc) is 3.27. The van der Waals surface area contributed by atoms with Gasteiger partial charge in [0.1, 0.15) is 5.82 Å². The van der Waals surface area contributed by atoms with Gasteiger partial charge in [-0.2, -0.15) is 13.2 Å². The van der Waals surface area contributed by atoms with Gasteiger partial charge in [-0.15, -0.1) is 0 Å². The zero-order chi connectivity index (χ0) is 24.9. The molecule has 1 aliphatic heterocycles. The number of halogens is 4. The van der Waals surface area contributed by atoms with Crippen molar-refractivity contribution in [3.05, 3.63) is 98.2 Å². The van der Waals surface area contributed by atoms with Crippen molar-refractivity contribution >= 4 is 38.5 Å². The predicted molar refractivity (Wildman–Crippen MR) is 131 cm³/mol. The third-order valence-corrected chi connectivity index (χ3v) is 7.05. The smallest absolute Gasteiger partial charge is 0.416 e. The summed E-state index contributed by atoms with van der Waals surface area (Å²) in [5, 5.41) is 14.6. The van der Waals surface area contributed by atoms with Crippen LogP contribution in [0.3, 0.4) is 0 Å². The van der Waals surface area contributed by atoms with Gasteiger partial charge >= 0.3 is 12.1 Å². The van der Waals surface area contributed by atoms with Gasteiger partial charge in [0.2, 0.25) is 0 Å². The molecule has 0 bridgehead atoms. The van der Waals surface area contributed by atoms with E-state index < -0.39 is 29.3 Å². The third-order valence-electron chi connectivity index (χ3n) is 6.24. The maximum Gasteiger partial charge on any atom is 0.416 e. The van der Waals surface area contributed by atoms with E-state index in [0.29, 0.717) is 11.1 Å². The molecule has 5 nitrogen and oxygen atoms in total. The number of carboxylic acid groups (broad SMARTS) is 1. The Bertz CT molecular complexity index is 1540. The lowest BCUT2D eigenvalue weighted by molar-refractivity contribution is -0.140. The summed E-state index contributed by atoms with van der Waals surface area (Å²) in [7, 11) is 0. The Morgan fingerprint density at radius 1 is 1.09 bits per heavy atom. The van der Waals surface area contributed by atoms with E-state index in [1.165, 1.54) is 12.1 Å². The second-order valence-corrected chi connectivity index (χ2v) is 9.11. The normalized spacial score (nSPS) is 15.1. The largest absolute Gasteiger partial charge is 0.480 e. The fraction of sp³-hybridized carbons (Fsp3) is 0.154. The van der Waals surface area contributed by atoms with Crippen LogP contribution in [0.2, 0.25) is 0 Å². The molecule has 178 valence electrons. The summed E-state index contributed by atoms with van der Waals surface area (Å²) in [6.07, 6.45) is -4.31. The molecule has 1 atom stereocenters. The molecule has 35 heavy (non-hydrogen) atoms. The molecule has 4 aromatic rings. The Kier molecular flexibility index (Phi) is 5.67. The molecule has 5 rings (SSSR count). The summed E-state index contributed by atoms with van der Waals surface area (Å²) in [6, 6.07) is 17.1. The van der Waals surface area contributed by atoms with Gasteiger partial charge in [0.15, 0.2) is 6.04 Å². The lowest BCUT2D eigenvalue weighted by Gasteiger charge is -2.20. The van der Waals surface area contributed by atoms with Crippen molar-refractivity contribution < 1.29 is 23.1 Å². The number of pyridine rings is 1. The lowest BCUT2D eigenvalue weighted by atomic mass is 9.92. The SMILES string of the molecule is O=C(O)C1CNc2c(-c3cccc(C(F)(F)F)c3)c(Cc3cccc4ccccc34)c(Br)c(=O)n21. The van der Waals surface area contributed by atoms with E-state index in [0.717, 1.165) is 33.0 Å². The second kappa shape index (κ2) is 8.57. The number of aromatic nitrogens is 1. The number of aliphatic carboxylic acids is 1. The number of nitrogens with zero attached hydrogens (tertiary/aromatic N) is 1. The highest BCUT2D eigenvalue weighted by Gasteiger charge is 2.35. The van der Waals surface area contributed by atoms with Crippen LogP contribution in [0.15, 0.2) is 76.0 Å². The Morgan fingerprint density at radius 2 is 1.80 bits per heavy atom. The highest BCUT2D eigenvalue weighted by Crippen LogP contribution is 2.41. The Hall–Kier alpha value is -3.59. The van der Waals surface area contributed by atoms with Gasteiger partial charge in [-0.05, 0) is 55.5 Å². The number of benzene rings is 3. The van der Waals surface area contributed by atoms with E-state index in [1.807, 2.05) is 42.5 Å². The molecule has 0 saturated heterocycles. The molecule has 1 unspecified atom stereocenters. The van der Waals surface area contributed by atoms with E-state index in [4.69, 9.17) is 0 Å². The fourth-order valence-corrected chi connectivity index (χ4v) is 5.16. The molecule has 0 amide bonds. The average molecular weight is 543 g/mol. The van der Waals surface area contributed by atoms with Crippen molar-refractivity contribution in [3.63, 3.8) is 0 Å². The van der Waals surface area contributed by atoms with Crippen LogP contribution in [0.5, 0.6) is 0 Å². The van der Waals surface area contributed by atoms with Crippen molar-refractivity contribution in [1.82, 2.24) is 4.57 Å². The van der Waals surface area contributed by atoms with Gasteiger partial charge in [-0.25, -0.2) is 4.79 Å². The van der Waals surface area contributed by atoms with Crippen molar-refractivity contribution in [2.24, 2.45) is 0 Å². The lowest BCUT2D eigenvalue weighted by Crippen LogP contribution is -2.29. The van der Waals surface area contributed by atoms with Crippen LogP contribution in [-0.2, 0) is 17.4 Å².